The Hall–Kier alpha value is 0.0500. The van der Waals surface area contributed by atoms with Crippen LogP contribution >= 0.6 is 30.1 Å². The lowest BCUT2D eigenvalue weighted by atomic mass is 9.81. The lowest BCUT2D eigenvalue weighted by Gasteiger charge is -2.21. The third-order valence-electron chi connectivity index (χ3n) is 1.90. The Morgan fingerprint density at radius 3 is 2.31 bits per heavy atom. The zero-order valence-corrected chi connectivity index (χ0v) is 13.7. The van der Waals surface area contributed by atoms with Crippen LogP contribution in [0.2, 0.25) is 0 Å². The predicted octanol–water partition coefficient (Wildman–Crippen LogP) is 5.01. The minimum Gasteiger partial charge on any atom is -0.295 e. The van der Waals surface area contributed by atoms with Crippen LogP contribution < -0.4 is 0 Å². The number of allylic oxidation sites excluding steroid dienone is 2. The smallest absolute Gasteiger partial charge is 0.155 e. The fourth-order valence-corrected chi connectivity index (χ4v) is 1.67. The summed E-state index contributed by atoms with van der Waals surface area (Å²) in [5, 5.41) is 2.96. The van der Waals surface area contributed by atoms with Gasteiger partial charge < -0.3 is 0 Å². The van der Waals surface area contributed by atoms with Gasteiger partial charge in [-0.25, -0.2) is 0 Å². The van der Waals surface area contributed by atoms with Crippen LogP contribution in [0.4, 0.5) is 0 Å². The fourth-order valence-electron chi connectivity index (χ4n) is 1.07. The van der Waals surface area contributed by atoms with E-state index >= 15 is 0 Å². The molecule has 1 rings (SSSR count). The second-order valence-corrected chi connectivity index (χ2v) is 4.70. The summed E-state index contributed by atoms with van der Waals surface area (Å²) in [5.41, 5.74) is -0.0773. The molecular weight excluding hydrogens is 331 g/mol. The first kappa shape index (κ1) is 18.4. The molecule has 0 bridgehead atoms. The summed E-state index contributed by atoms with van der Waals surface area (Å²) in [4.78, 5) is 10.9. The molecule has 0 fully saturated rings. The molecule has 0 aromatic heterocycles. The van der Waals surface area contributed by atoms with Crippen LogP contribution in [0.25, 0.3) is 0 Å². The molecule has 0 N–H and O–H groups in total. The molecule has 16 heavy (non-hydrogen) atoms. The lowest BCUT2D eigenvalue weighted by Crippen LogP contribution is -2.17. The number of hydrogen-bond acceptors (Lipinski definition) is 2. The lowest BCUT2D eigenvalue weighted by molar-refractivity contribution is -0.115. The SMILES string of the molecule is CC.CC.CC1(C#CSI)C=CC(=O)CC1. The zero-order valence-electron chi connectivity index (χ0n) is 10.8. The van der Waals surface area contributed by atoms with Crippen molar-refractivity contribution in [3.8, 4) is 11.2 Å². The number of rotatable bonds is 0. The molecule has 1 atom stereocenters. The maximum Gasteiger partial charge on any atom is 0.155 e. The van der Waals surface area contributed by atoms with Gasteiger partial charge in [0.1, 0.15) is 0 Å². The highest BCUT2D eigenvalue weighted by atomic mass is 127. The second-order valence-electron chi connectivity index (χ2n) is 3.02. The topological polar surface area (TPSA) is 17.1 Å². The van der Waals surface area contributed by atoms with Gasteiger partial charge in [-0.3, -0.25) is 4.79 Å². The maximum absolute atomic E-state index is 10.9. The van der Waals surface area contributed by atoms with Crippen molar-refractivity contribution in [3.05, 3.63) is 12.2 Å². The van der Waals surface area contributed by atoms with Gasteiger partial charge >= 0.3 is 0 Å². The number of hydrogen-bond donors (Lipinski definition) is 0. The molecule has 1 aliphatic carbocycles. The summed E-state index contributed by atoms with van der Waals surface area (Å²) in [6.07, 6.45) is 5.05. The van der Waals surface area contributed by atoms with E-state index in [4.69, 9.17) is 0 Å². The largest absolute Gasteiger partial charge is 0.295 e. The van der Waals surface area contributed by atoms with Crippen LogP contribution in [0.1, 0.15) is 47.5 Å². The van der Waals surface area contributed by atoms with Crippen molar-refractivity contribution < 1.29 is 4.79 Å². The van der Waals surface area contributed by atoms with Gasteiger partial charge in [0.25, 0.3) is 0 Å². The van der Waals surface area contributed by atoms with Crippen LogP contribution in [0.3, 0.4) is 0 Å². The van der Waals surface area contributed by atoms with Crippen molar-refractivity contribution in [2.45, 2.75) is 47.5 Å². The van der Waals surface area contributed by atoms with E-state index in [9.17, 15) is 4.79 Å². The Bertz CT molecular complexity index is 275. The van der Waals surface area contributed by atoms with Crippen molar-refractivity contribution in [2.24, 2.45) is 5.41 Å². The maximum atomic E-state index is 10.9. The third kappa shape index (κ3) is 8.23. The molecular formula is C13H21IOS. The summed E-state index contributed by atoms with van der Waals surface area (Å²) in [5.74, 6) is 3.35. The highest BCUT2D eigenvalue weighted by Gasteiger charge is 2.22. The van der Waals surface area contributed by atoms with E-state index in [0.29, 0.717) is 6.42 Å². The quantitative estimate of drug-likeness (QED) is 0.450. The van der Waals surface area contributed by atoms with E-state index in [0.717, 1.165) is 6.42 Å². The Morgan fingerprint density at radius 2 is 1.94 bits per heavy atom. The highest BCUT2D eigenvalue weighted by molar-refractivity contribution is 14.2. The van der Waals surface area contributed by atoms with Gasteiger partial charge in [-0.1, -0.05) is 39.7 Å². The molecule has 3 heteroatoms. The number of ketones is 1. The molecule has 0 saturated carbocycles. The Kier molecular flexibility index (Phi) is 13.3. The minimum atomic E-state index is -0.0773. The van der Waals surface area contributed by atoms with Crippen LogP contribution in [0.15, 0.2) is 12.2 Å². The van der Waals surface area contributed by atoms with Gasteiger partial charge in [-0.15, -0.1) is 0 Å². The van der Waals surface area contributed by atoms with Crippen molar-refractivity contribution >= 4 is 35.9 Å². The Balaban J connectivity index is 0. The summed E-state index contributed by atoms with van der Waals surface area (Å²) in [6.45, 7) is 10.1. The van der Waals surface area contributed by atoms with Crippen molar-refractivity contribution in [2.75, 3.05) is 0 Å². The second kappa shape index (κ2) is 11.5. The molecule has 0 saturated heterocycles. The Labute approximate surface area is 116 Å². The highest BCUT2D eigenvalue weighted by Crippen LogP contribution is 2.28. The molecule has 92 valence electrons. The monoisotopic (exact) mass is 352 g/mol. The van der Waals surface area contributed by atoms with Gasteiger partial charge in [0, 0.05) is 33.0 Å². The average molecular weight is 352 g/mol. The van der Waals surface area contributed by atoms with E-state index in [2.05, 4.69) is 39.3 Å². The van der Waals surface area contributed by atoms with Gasteiger partial charge in [-0.2, -0.15) is 0 Å². The van der Waals surface area contributed by atoms with Crippen LogP contribution in [0, 0.1) is 16.6 Å². The van der Waals surface area contributed by atoms with Crippen molar-refractivity contribution in [1.82, 2.24) is 0 Å². The standard InChI is InChI=1S/C9H9IOS.2C2H6/c1-9(6-7-12-10)4-2-8(11)3-5-9;2*1-2/h2,4H,3,5H2,1H3;2*1-2H3. The third-order valence-corrected chi connectivity index (χ3v) is 2.74. The first-order valence-electron chi connectivity index (χ1n) is 5.68. The van der Waals surface area contributed by atoms with Crippen LogP contribution in [-0.4, -0.2) is 5.78 Å². The molecule has 0 heterocycles. The first-order chi connectivity index (χ1) is 7.66. The molecule has 1 unspecified atom stereocenters. The zero-order chi connectivity index (χ0) is 13.0. The summed E-state index contributed by atoms with van der Waals surface area (Å²) < 4.78 is 0. The van der Waals surface area contributed by atoms with E-state index < -0.39 is 0 Å². The first-order valence-corrected chi connectivity index (χ1v) is 9.04. The molecule has 0 aliphatic heterocycles. The van der Waals surface area contributed by atoms with E-state index in [1.165, 1.54) is 8.93 Å². The summed E-state index contributed by atoms with van der Waals surface area (Å²) in [6, 6.07) is 0. The molecule has 0 radical (unpaired) electrons. The average Bonchev–Trinajstić information content (AvgIpc) is 2.36. The molecule has 1 aliphatic rings. The van der Waals surface area contributed by atoms with E-state index in [1.54, 1.807) is 6.08 Å². The molecule has 0 aromatic carbocycles. The normalized spacial score (nSPS) is 21.8. The molecule has 1 nitrogen and oxygen atoms in total. The molecule has 0 amide bonds. The van der Waals surface area contributed by atoms with Gasteiger partial charge in [0.2, 0.25) is 0 Å². The number of carbonyl (C=O) groups excluding carboxylic acids is 1. The molecule has 0 spiro atoms. The van der Waals surface area contributed by atoms with E-state index in [1.807, 2.05) is 33.8 Å². The van der Waals surface area contributed by atoms with Crippen LogP contribution in [0.5, 0.6) is 0 Å². The van der Waals surface area contributed by atoms with Gasteiger partial charge in [-0.05, 0) is 33.6 Å². The Morgan fingerprint density at radius 1 is 1.38 bits per heavy atom. The minimum absolute atomic E-state index is 0.0773. The predicted molar refractivity (Wildman–Crippen MR) is 83.6 cm³/mol. The summed E-state index contributed by atoms with van der Waals surface area (Å²) >= 11 is 2.15. The molecule has 0 aromatic rings. The van der Waals surface area contributed by atoms with E-state index in [-0.39, 0.29) is 11.2 Å². The number of carbonyl (C=O) groups is 1. The fraction of sp³-hybridized carbons (Fsp3) is 0.615. The summed E-state index contributed by atoms with van der Waals surface area (Å²) in [7, 11) is 1.48. The van der Waals surface area contributed by atoms with Crippen LogP contribution in [-0.2, 0) is 4.79 Å². The number of halogens is 1. The van der Waals surface area contributed by atoms with Gasteiger partial charge in [0.15, 0.2) is 5.78 Å². The van der Waals surface area contributed by atoms with Crippen molar-refractivity contribution in [1.29, 1.82) is 0 Å². The van der Waals surface area contributed by atoms with Crippen molar-refractivity contribution in [3.63, 3.8) is 0 Å². The van der Waals surface area contributed by atoms with Gasteiger partial charge in [0.05, 0.1) is 0 Å².